The van der Waals surface area contributed by atoms with Gasteiger partial charge in [0.25, 0.3) is 0 Å². The number of aromatic nitrogens is 3. The fourth-order valence-corrected chi connectivity index (χ4v) is 6.85. The van der Waals surface area contributed by atoms with Gasteiger partial charge in [0.05, 0.1) is 36.1 Å². The number of carbonyl (C=O) groups is 3. The molecule has 3 N–H and O–H groups in total. The maximum atomic E-state index is 14.1. The number of benzene rings is 2. The lowest BCUT2D eigenvalue weighted by atomic mass is 9.70. The highest BCUT2D eigenvalue weighted by atomic mass is 16.5. The number of aliphatic hydroxyl groups excluding tert-OH is 1. The van der Waals surface area contributed by atoms with E-state index in [0.717, 1.165) is 11.1 Å². The third-order valence-electron chi connectivity index (χ3n) is 8.74. The van der Waals surface area contributed by atoms with Crippen molar-refractivity contribution in [2.24, 2.45) is 17.8 Å². The summed E-state index contributed by atoms with van der Waals surface area (Å²) in [5, 5.41) is 24.5. The highest BCUT2D eigenvalue weighted by Crippen LogP contribution is 2.59. The number of hydrogen-bond acceptors (Lipinski definition) is 7. The van der Waals surface area contributed by atoms with Gasteiger partial charge in [-0.15, -0.1) is 5.10 Å². The Bertz CT molecular complexity index is 1430. The molecule has 2 aromatic carbocycles. The van der Waals surface area contributed by atoms with Crippen LogP contribution in [0.5, 0.6) is 0 Å². The number of nitrogens with one attached hydrogen (secondary N) is 2. The molecule has 2 unspecified atom stereocenters. The van der Waals surface area contributed by atoms with Crippen LogP contribution in [0.15, 0.2) is 54.6 Å². The number of para-hydroxylation sites is 1. The smallest absolute Gasteiger partial charge is 0.247 e. The van der Waals surface area contributed by atoms with Crippen molar-refractivity contribution in [2.75, 3.05) is 6.61 Å². The number of hydrogen-bond donors (Lipinski definition) is 3. The summed E-state index contributed by atoms with van der Waals surface area (Å²) in [5.74, 6) is -2.62. The highest BCUT2D eigenvalue weighted by Gasteiger charge is 2.75. The number of amides is 3. The Morgan fingerprint density at radius 2 is 1.85 bits per heavy atom. The molecule has 0 aliphatic carbocycles. The van der Waals surface area contributed by atoms with Gasteiger partial charge in [0.1, 0.15) is 23.8 Å². The number of ether oxygens (including phenoxy) is 1. The van der Waals surface area contributed by atoms with E-state index < -0.39 is 41.5 Å². The minimum Gasteiger partial charge on any atom is -0.394 e. The molecule has 3 aromatic rings. The number of carbonyl (C=O) groups excluding carboxylic acids is 3. The first kappa shape index (κ1) is 26.4. The maximum Gasteiger partial charge on any atom is 0.247 e. The van der Waals surface area contributed by atoms with Crippen molar-refractivity contribution < 1.29 is 24.2 Å². The molecular weight excluding hydrogens is 512 g/mol. The van der Waals surface area contributed by atoms with Crippen LogP contribution in [-0.4, -0.2) is 73.1 Å². The van der Waals surface area contributed by atoms with Crippen LogP contribution in [0.1, 0.15) is 32.3 Å². The van der Waals surface area contributed by atoms with E-state index in [0.29, 0.717) is 24.9 Å². The Balaban J connectivity index is 1.29. The lowest BCUT2D eigenvalue weighted by Gasteiger charge is -2.38. The van der Waals surface area contributed by atoms with Gasteiger partial charge < -0.3 is 25.4 Å². The molecule has 3 aliphatic rings. The molecule has 0 radical (unpaired) electrons. The molecule has 11 heteroatoms. The summed E-state index contributed by atoms with van der Waals surface area (Å²) in [5.41, 5.74) is 1.28. The summed E-state index contributed by atoms with van der Waals surface area (Å²) in [6, 6.07) is 15.4. The van der Waals surface area contributed by atoms with Crippen molar-refractivity contribution in [2.45, 2.75) is 63.7 Å². The molecule has 3 fully saturated rings. The Kier molecular flexibility index (Phi) is 6.79. The van der Waals surface area contributed by atoms with Gasteiger partial charge in [-0.05, 0) is 36.5 Å². The minimum absolute atomic E-state index is 0.0501. The predicted molar refractivity (Wildman–Crippen MR) is 144 cm³/mol. The first-order chi connectivity index (χ1) is 19.4. The Hall–Kier alpha value is -3.83. The van der Waals surface area contributed by atoms with E-state index in [1.54, 1.807) is 4.68 Å². The molecule has 11 nitrogen and oxygen atoms in total. The molecule has 6 rings (SSSR count). The van der Waals surface area contributed by atoms with Crippen LogP contribution in [0.25, 0.3) is 11.0 Å². The highest BCUT2D eigenvalue weighted by molar-refractivity contribution is 5.99. The van der Waals surface area contributed by atoms with Gasteiger partial charge in [0, 0.05) is 6.54 Å². The van der Waals surface area contributed by atoms with E-state index in [1.165, 1.54) is 4.90 Å². The van der Waals surface area contributed by atoms with Crippen LogP contribution >= 0.6 is 0 Å². The van der Waals surface area contributed by atoms with Crippen molar-refractivity contribution in [1.82, 2.24) is 30.5 Å². The largest absolute Gasteiger partial charge is 0.394 e. The zero-order valence-corrected chi connectivity index (χ0v) is 22.6. The molecule has 1 spiro atoms. The summed E-state index contributed by atoms with van der Waals surface area (Å²) in [4.78, 5) is 43.1. The molecule has 3 saturated heterocycles. The van der Waals surface area contributed by atoms with Crippen LogP contribution in [0, 0.1) is 17.8 Å². The third kappa shape index (κ3) is 4.15. The standard InChI is InChI=1S/C29H34N6O5/c1-17(2)21(15-36)35-25(27(38)31-16-34-20-11-7-6-10-19(20)32-33-34)29-13-12-22(40-29)23(24(29)28(35)39)26(37)30-14-18-8-4-3-5-9-18/h3-11,17,21-25,36H,12-16H2,1-2H3,(H,30,37)(H,31,38)/t21-,22+,23-,24-,25?,29?/m0/s1. The topological polar surface area (TPSA) is 139 Å². The SMILES string of the molecule is CC(C)[C@H](CO)N1C(=O)[C@@H]2[C@@H](C(=O)NCc3ccccc3)[C@H]3CCC2(O3)C1C(=O)NCn1nnc2ccccc21. The molecule has 40 heavy (non-hydrogen) atoms. The zero-order valence-electron chi connectivity index (χ0n) is 22.6. The van der Waals surface area contributed by atoms with Crippen molar-refractivity contribution in [1.29, 1.82) is 0 Å². The quantitative estimate of drug-likeness (QED) is 0.367. The summed E-state index contributed by atoms with van der Waals surface area (Å²) in [6.07, 6.45) is 0.602. The van der Waals surface area contributed by atoms with Crippen molar-refractivity contribution in [3.8, 4) is 0 Å². The van der Waals surface area contributed by atoms with Crippen LogP contribution in [0.2, 0.25) is 0 Å². The molecule has 2 bridgehead atoms. The van der Waals surface area contributed by atoms with Crippen molar-refractivity contribution in [3.63, 3.8) is 0 Å². The zero-order chi connectivity index (χ0) is 28.0. The van der Waals surface area contributed by atoms with Crippen LogP contribution in [-0.2, 0) is 32.3 Å². The van der Waals surface area contributed by atoms with Crippen molar-refractivity contribution >= 4 is 28.8 Å². The van der Waals surface area contributed by atoms with E-state index in [9.17, 15) is 19.5 Å². The third-order valence-corrected chi connectivity index (χ3v) is 8.74. The molecule has 210 valence electrons. The summed E-state index contributed by atoms with van der Waals surface area (Å²) in [7, 11) is 0. The number of fused-ring (bicyclic) bond motifs is 2. The van der Waals surface area contributed by atoms with Gasteiger partial charge in [-0.3, -0.25) is 14.4 Å². The molecule has 3 aliphatic heterocycles. The van der Waals surface area contributed by atoms with E-state index >= 15 is 0 Å². The molecule has 0 saturated carbocycles. The van der Waals surface area contributed by atoms with Gasteiger partial charge in [0.2, 0.25) is 17.7 Å². The summed E-state index contributed by atoms with van der Waals surface area (Å²) in [6.45, 7) is 3.88. The molecule has 4 heterocycles. The monoisotopic (exact) mass is 546 g/mol. The fourth-order valence-electron chi connectivity index (χ4n) is 6.85. The number of nitrogens with zero attached hydrogens (tertiary/aromatic N) is 4. The van der Waals surface area contributed by atoms with Crippen LogP contribution < -0.4 is 10.6 Å². The van der Waals surface area contributed by atoms with E-state index in [2.05, 4.69) is 20.9 Å². The molecule has 6 atom stereocenters. The van der Waals surface area contributed by atoms with E-state index in [-0.39, 0.29) is 31.0 Å². The molecular formula is C29H34N6O5. The summed E-state index contributed by atoms with van der Waals surface area (Å²) < 4.78 is 8.07. The molecule has 3 amide bonds. The van der Waals surface area contributed by atoms with Gasteiger partial charge in [-0.1, -0.05) is 61.5 Å². The lowest BCUT2D eigenvalue weighted by Crippen LogP contribution is -2.59. The number of likely N-dealkylation sites (tertiary alicyclic amines) is 1. The van der Waals surface area contributed by atoms with Gasteiger partial charge in [-0.2, -0.15) is 0 Å². The average Bonchev–Trinajstić information content (AvgIpc) is 3.71. The normalized spacial score (nSPS) is 27.8. The second-order valence-corrected chi connectivity index (χ2v) is 11.3. The second-order valence-electron chi connectivity index (χ2n) is 11.3. The Labute approximate surface area is 231 Å². The van der Waals surface area contributed by atoms with Gasteiger partial charge in [-0.25, -0.2) is 4.68 Å². The maximum absolute atomic E-state index is 14.1. The first-order valence-corrected chi connectivity index (χ1v) is 13.8. The van der Waals surface area contributed by atoms with Crippen LogP contribution in [0.3, 0.4) is 0 Å². The second kappa shape index (κ2) is 10.3. The van der Waals surface area contributed by atoms with E-state index in [1.807, 2.05) is 68.4 Å². The van der Waals surface area contributed by atoms with Gasteiger partial charge in [0.15, 0.2) is 0 Å². The average molecular weight is 547 g/mol. The minimum atomic E-state index is -1.15. The van der Waals surface area contributed by atoms with Crippen molar-refractivity contribution in [3.05, 3.63) is 60.2 Å². The number of rotatable bonds is 9. The fraction of sp³-hybridized carbons (Fsp3) is 0.483. The van der Waals surface area contributed by atoms with Gasteiger partial charge >= 0.3 is 0 Å². The lowest BCUT2D eigenvalue weighted by molar-refractivity contribution is -0.147. The summed E-state index contributed by atoms with van der Waals surface area (Å²) >= 11 is 0. The Morgan fingerprint density at radius 1 is 1.10 bits per heavy atom. The van der Waals surface area contributed by atoms with Crippen LogP contribution in [0.4, 0.5) is 0 Å². The van der Waals surface area contributed by atoms with E-state index in [4.69, 9.17) is 4.74 Å². The number of aliphatic hydroxyl groups is 1. The Morgan fingerprint density at radius 3 is 2.60 bits per heavy atom. The first-order valence-electron chi connectivity index (χ1n) is 13.8. The molecule has 1 aromatic heterocycles. The predicted octanol–water partition coefficient (Wildman–Crippen LogP) is 1.21.